The first-order chi connectivity index (χ1) is 26.0. The van der Waals surface area contributed by atoms with Gasteiger partial charge in [0.1, 0.15) is 48.3 Å². The lowest BCUT2D eigenvalue weighted by molar-refractivity contribution is -0.377. The van der Waals surface area contributed by atoms with Crippen LogP contribution in [0.3, 0.4) is 0 Å². The zero-order valence-electron chi connectivity index (χ0n) is 34.1. The first kappa shape index (κ1) is 43.5. The number of hydrogen-bond acceptors (Lipinski definition) is 15. The van der Waals surface area contributed by atoms with Crippen molar-refractivity contribution in [3.8, 4) is 0 Å². The van der Waals surface area contributed by atoms with Crippen LogP contribution < -0.4 is 0 Å². The number of hydrogen-bond donors (Lipinski definition) is 10. The van der Waals surface area contributed by atoms with Gasteiger partial charge in [-0.3, -0.25) is 0 Å². The molecule has 3 aliphatic heterocycles. The highest BCUT2D eigenvalue weighted by Gasteiger charge is 2.74. The van der Waals surface area contributed by atoms with Gasteiger partial charge in [0.15, 0.2) is 12.6 Å². The minimum atomic E-state index is -1.69. The third kappa shape index (κ3) is 6.48. The fraction of sp³-hybridized carbons (Fsp3) is 1.00. The van der Waals surface area contributed by atoms with Crippen molar-refractivity contribution in [1.82, 2.24) is 0 Å². The van der Waals surface area contributed by atoms with Gasteiger partial charge in [-0.2, -0.15) is 0 Å². The summed E-state index contributed by atoms with van der Waals surface area (Å²) in [6.45, 7) is 13.2. The van der Waals surface area contributed by atoms with Crippen LogP contribution in [0.15, 0.2) is 0 Å². The summed E-state index contributed by atoms with van der Waals surface area (Å²) in [6, 6.07) is 0. The summed E-state index contributed by atoms with van der Waals surface area (Å²) in [6.07, 6.45) is -10.8. The van der Waals surface area contributed by atoms with Gasteiger partial charge in [0.2, 0.25) is 0 Å². The average Bonchev–Trinajstić information content (AvgIpc) is 3.74. The van der Waals surface area contributed by atoms with Crippen LogP contribution in [0.4, 0.5) is 0 Å². The molecule has 7 rings (SSSR count). The zero-order chi connectivity index (χ0) is 41.1. The van der Waals surface area contributed by atoms with Crippen molar-refractivity contribution < 1.29 is 74.7 Å². The van der Waals surface area contributed by atoms with E-state index < -0.39 is 126 Å². The molecule has 15 nitrogen and oxygen atoms in total. The van der Waals surface area contributed by atoms with Crippen molar-refractivity contribution >= 4 is 0 Å². The molecule has 0 amide bonds. The van der Waals surface area contributed by atoms with Crippen LogP contribution in [-0.2, 0) is 23.7 Å². The molecule has 0 spiro atoms. The molecular weight excluding hydrogens is 732 g/mol. The summed E-state index contributed by atoms with van der Waals surface area (Å²) in [5.74, 6) is -0.434. The van der Waals surface area contributed by atoms with Gasteiger partial charge in [-0.25, -0.2) is 0 Å². The second-order valence-corrected chi connectivity index (χ2v) is 20.6. The molecule has 4 aliphatic carbocycles. The van der Waals surface area contributed by atoms with Crippen LogP contribution in [0.2, 0.25) is 0 Å². The fourth-order valence-corrected chi connectivity index (χ4v) is 13.9. The standard InChI is InChI=1S/C41H70O15/c1-36(2)25(46)9-11-37(3)24-14-20(44)27-19(41(7)13-10-26(56-41)40(6,51)18-43)8-12-38(27,4)39(24,5)15-22(33(36)37)53-35-32(30(49)29(48)23(16-42)54-35)55-34-31(50)28(47)21(45)17-52-34/h19-35,42-51H,8-18H2,1-7H3/t19-,20+,21+,22-,23+,24+,25-,26-,27?,28-,29+,30-,31+,32+,33?,34-,35+,37+,38+,39+,40?,41-/m0/s1. The van der Waals surface area contributed by atoms with Crippen molar-refractivity contribution in [2.45, 2.75) is 191 Å². The Morgan fingerprint density at radius 1 is 0.750 bits per heavy atom. The van der Waals surface area contributed by atoms with E-state index in [0.717, 1.165) is 12.8 Å². The van der Waals surface area contributed by atoms with Gasteiger partial charge < -0.3 is 74.7 Å². The summed E-state index contributed by atoms with van der Waals surface area (Å²) in [7, 11) is 0. The maximum Gasteiger partial charge on any atom is 0.187 e. The van der Waals surface area contributed by atoms with Crippen LogP contribution in [0, 0.1) is 45.3 Å². The molecule has 3 heterocycles. The molecule has 324 valence electrons. The summed E-state index contributed by atoms with van der Waals surface area (Å²) in [4.78, 5) is 0. The quantitative estimate of drug-likeness (QED) is 0.145. The molecule has 0 aromatic rings. The predicted molar refractivity (Wildman–Crippen MR) is 197 cm³/mol. The van der Waals surface area contributed by atoms with Crippen molar-refractivity contribution in [2.75, 3.05) is 19.8 Å². The van der Waals surface area contributed by atoms with Crippen LogP contribution in [0.25, 0.3) is 0 Å². The Balaban J connectivity index is 1.25. The molecule has 7 aliphatic rings. The third-order valence-electron chi connectivity index (χ3n) is 17.2. The van der Waals surface area contributed by atoms with Crippen LogP contribution in [-0.4, -0.2) is 162 Å². The van der Waals surface area contributed by atoms with Gasteiger partial charge in [0, 0.05) is 0 Å². The van der Waals surface area contributed by atoms with E-state index in [1.165, 1.54) is 0 Å². The summed E-state index contributed by atoms with van der Waals surface area (Å²) in [5.41, 5.74) is -3.99. The Morgan fingerprint density at radius 2 is 1.45 bits per heavy atom. The maximum atomic E-state index is 12.4. The van der Waals surface area contributed by atoms with Gasteiger partial charge in [-0.15, -0.1) is 0 Å². The van der Waals surface area contributed by atoms with Crippen LogP contribution in [0.1, 0.15) is 99.8 Å². The minimum absolute atomic E-state index is 0.0218. The summed E-state index contributed by atoms with van der Waals surface area (Å²) >= 11 is 0. The highest BCUT2D eigenvalue weighted by molar-refractivity contribution is 5.22. The number of fused-ring (bicyclic) bond motifs is 5. The zero-order valence-corrected chi connectivity index (χ0v) is 34.1. The Morgan fingerprint density at radius 3 is 2.11 bits per heavy atom. The van der Waals surface area contributed by atoms with Gasteiger partial charge in [0.25, 0.3) is 0 Å². The average molecular weight is 803 g/mol. The molecule has 3 unspecified atom stereocenters. The molecular formula is C41H70O15. The second-order valence-electron chi connectivity index (χ2n) is 20.6. The number of rotatable bonds is 8. The molecule has 22 atom stereocenters. The lowest BCUT2D eigenvalue weighted by Crippen LogP contribution is -2.71. The Hall–Kier alpha value is -0.600. The monoisotopic (exact) mass is 802 g/mol. The van der Waals surface area contributed by atoms with E-state index in [9.17, 15) is 51.1 Å². The van der Waals surface area contributed by atoms with Crippen molar-refractivity contribution in [2.24, 2.45) is 45.3 Å². The highest BCUT2D eigenvalue weighted by Crippen LogP contribution is 2.76. The molecule has 15 heteroatoms. The van der Waals surface area contributed by atoms with E-state index in [-0.39, 0.29) is 30.3 Å². The van der Waals surface area contributed by atoms with Crippen molar-refractivity contribution in [3.63, 3.8) is 0 Å². The van der Waals surface area contributed by atoms with E-state index in [1.54, 1.807) is 6.92 Å². The lowest BCUT2D eigenvalue weighted by Gasteiger charge is -2.72. The normalized spacial score (nSPS) is 56.8. The van der Waals surface area contributed by atoms with Crippen molar-refractivity contribution in [3.05, 3.63) is 0 Å². The van der Waals surface area contributed by atoms with E-state index in [0.29, 0.717) is 38.5 Å². The van der Waals surface area contributed by atoms with Crippen LogP contribution in [0.5, 0.6) is 0 Å². The van der Waals surface area contributed by atoms with Gasteiger partial charge >= 0.3 is 0 Å². The van der Waals surface area contributed by atoms with Gasteiger partial charge in [0.05, 0.1) is 49.8 Å². The predicted octanol–water partition coefficient (Wildman–Crippen LogP) is -0.0575. The number of aliphatic hydroxyl groups is 10. The molecule has 0 radical (unpaired) electrons. The SMILES string of the molecule is CC(O)(CO)[C@@H]1CC[C@@](C)([C@H]2CC[C@]3(C)C2[C@H](O)C[C@@H]2[C@@]4(C)CC[C@H](O)C(C)(C)C4[C@@H](O[C@@H]4O[C@H](CO)[C@@H](O)[C@H](O)[C@H]4O[C@@H]4OC[C@@H](O)[C@H](O)[C@H]4O)C[C@]23C)O1. The smallest absolute Gasteiger partial charge is 0.187 e. The molecule has 0 aromatic heterocycles. The van der Waals surface area contributed by atoms with E-state index >= 15 is 0 Å². The highest BCUT2D eigenvalue weighted by atomic mass is 16.8. The minimum Gasteiger partial charge on any atom is -0.394 e. The molecule has 0 bridgehead atoms. The number of ether oxygens (including phenoxy) is 5. The van der Waals surface area contributed by atoms with E-state index in [2.05, 4.69) is 27.7 Å². The first-order valence-electron chi connectivity index (χ1n) is 21.0. The number of aliphatic hydroxyl groups excluding tert-OH is 9. The molecule has 4 saturated carbocycles. The van der Waals surface area contributed by atoms with Gasteiger partial charge in [-0.05, 0) is 111 Å². The fourth-order valence-electron chi connectivity index (χ4n) is 13.9. The van der Waals surface area contributed by atoms with Crippen molar-refractivity contribution in [1.29, 1.82) is 0 Å². The molecule has 0 aromatic carbocycles. The largest absolute Gasteiger partial charge is 0.394 e. The Bertz CT molecular complexity index is 1420. The van der Waals surface area contributed by atoms with E-state index in [1.807, 2.05) is 13.8 Å². The maximum absolute atomic E-state index is 12.4. The lowest BCUT2D eigenvalue weighted by atomic mass is 9.34. The Kier molecular flexibility index (Phi) is 11.5. The molecule has 7 fully saturated rings. The van der Waals surface area contributed by atoms with Crippen LogP contribution >= 0.6 is 0 Å². The van der Waals surface area contributed by atoms with Gasteiger partial charge in [-0.1, -0.05) is 34.6 Å². The molecule has 56 heavy (non-hydrogen) atoms. The molecule has 10 N–H and O–H groups in total. The second kappa shape index (κ2) is 14.8. The molecule has 3 saturated heterocycles. The third-order valence-corrected chi connectivity index (χ3v) is 17.2. The van der Waals surface area contributed by atoms with E-state index in [4.69, 9.17) is 23.7 Å². The topological polar surface area (TPSA) is 248 Å². The Labute approximate surface area is 330 Å². The first-order valence-corrected chi connectivity index (χ1v) is 21.0. The summed E-state index contributed by atoms with van der Waals surface area (Å²) in [5, 5.41) is 109. The summed E-state index contributed by atoms with van der Waals surface area (Å²) < 4.78 is 31.5.